The van der Waals surface area contributed by atoms with Crippen LogP contribution in [0.15, 0.2) is 72.8 Å². The summed E-state index contributed by atoms with van der Waals surface area (Å²) in [4.78, 5) is 21.7. The van der Waals surface area contributed by atoms with E-state index >= 15 is 0 Å². The molecule has 2 aliphatic rings. The van der Waals surface area contributed by atoms with Crippen LogP contribution in [-0.2, 0) is 45.5 Å². The van der Waals surface area contributed by atoms with Crippen molar-refractivity contribution < 1.29 is 29.7 Å². The fourth-order valence-electron chi connectivity index (χ4n) is 9.09. The monoisotopic (exact) mass is 892 g/mol. The Morgan fingerprint density at radius 2 is 0.714 bits per heavy atom. The average molecular weight is 895 g/mol. The van der Waals surface area contributed by atoms with Crippen LogP contribution >= 0.6 is 0 Å². The number of rotatable bonds is 24. The number of nitrogens with zero attached hydrogens (tertiary/aromatic N) is 4. The molecule has 0 spiro atoms. The number of hydrogen-bond donors (Lipinski definition) is 2. The third kappa shape index (κ3) is 12.9. The van der Waals surface area contributed by atoms with Crippen LogP contribution in [0.25, 0.3) is 68.6 Å². The normalized spacial score (nSPS) is 12.0. The molecule has 2 N–H and O–H groups in total. The maximum absolute atomic E-state index is 9.90. The molecule has 0 unspecified atom stereocenters. The van der Waals surface area contributed by atoms with E-state index in [-0.39, 0.29) is 32.7 Å². The van der Waals surface area contributed by atoms with Gasteiger partial charge in [-0.05, 0) is 83.4 Å². The minimum atomic E-state index is -0.00208. The summed E-state index contributed by atoms with van der Waals surface area (Å²) in [5.41, 5.74) is 15.4. The Morgan fingerprint density at radius 3 is 1.10 bits per heavy atom. The van der Waals surface area contributed by atoms with Crippen LogP contribution < -0.4 is 9.97 Å². The molecule has 326 valence electrons. The third-order valence-electron chi connectivity index (χ3n) is 12.7. The second kappa shape index (κ2) is 25.2. The van der Waals surface area contributed by atoms with Gasteiger partial charge in [0.1, 0.15) is 0 Å². The van der Waals surface area contributed by atoms with E-state index in [0.717, 1.165) is 115 Å². The van der Waals surface area contributed by atoms with Gasteiger partial charge in [0.2, 0.25) is 0 Å². The van der Waals surface area contributed by atoms with Crippen LogP contribution in [0, 0.1) is 0 Å². The van der Waals surface area contributed by atoms with Gasteiger partial charge in [-0.25, -0.2) is 9.97 Å². The average Bonchev–Trinajstić information content (AvgIpc) is 4.16. The van der Waals surface area contributed by atoms with Gasteiger partial charge >= 0.3 is 19.5 Å². The predicted molar refractivity (Wildman–Crippen MR) is 261 cm³/mol. The summed E-state index contributed by atoms with van der Waals surface area (Å²) in [6.45, 7) is 4.55. The Bertz CT molecular complexity index is 2280. The summed E-state index contributed by atoms with van der Waals surface area (Å²) in [5, 5.41) is 19.8. The van der Waals surface area contributed by atoms with E-state index in [1.165, 1.54) is 103 Å². The molecule has 0 aliphatic carbocycles. The van der Waals surface area contributed by atoms with Crippen LogP contribution in [0.2, 0.25) is 0 Å². The summed E-state index contributed by atoms with van der Waals surface area (Å²) >= 11 is 0. The molecule has 0 saturated heterocycles. The number of fused-ring (bicyclic) bond motifs is 8. The van der Waals surface area contributed by atoms with Gasteiger partial charge in [-0.3, -0.25) is 0 Å². The van der Waals surface area contributed by atoms with E-state index in [1.807, 2.05) is 24.3 Å². The summed E-state index contributed by atoms with van der Waals surface area (Å²) in [5.74, 6) is 0. The summed E-state index contributed by atoms with van der Waals surface area (Å²) in [6.07, 6.45) is 33.3. The molecule has 6 nitrogen and oxygen atoms in total. The first kappa shape index (κ1) is 48.0. The van der Waals surface area contributed by atoms with Crippen molar-refractivity contribution in [1.29, 1.82) is 0 Å². The minimum absolute atomic E-state index is 0. The van der Waals surface area contributed by atoms with Gasteiger partial charge < -0.3 is 20.2 Å². The molecular weight excluding hydrogens is 826 g/mol. The number of aromatic nitrogens is 4. The smallest absolute Gasteiger partial charge is 0.657 e. The standard InChI is InChI=1S/C56H68N4O2.Zn/c1-3-5-7-9-11-13-15-17-19-21-45-47-31-35-51(57-47)55(43-27-23-41(39-61)24-28-43)53-37-33-49(59-53)46(22-20-18-16-14-12-10-8-6-4-2)50-34-38-54(60-50)56(52-36-32-48(45)58-52)44-29-25-42(40-62)26-30-44;/h23-38,61-62H,3-22,39-40H2,1-2H3;/q-2;+2. The first-order chi connectivity index (χ1) is 30.6. The summed E-state index contributed by atoms with van der Waals surface area (Å²) in [6, 6.07) is 24.9. The number of aryl methyl sites for hydroxylation is 1. The number of hydrogen-bond acceptors (Lipinski definition) is 4. The van der Waals surface area contributed by atoms with Crippen LogP contribution in [0.5, 0.6) is 0 Å². The van der Waals surface area contributed by atoms with E-state index in [1.54, 1.807) is 0 Å². The third-order valence-corrected chi connectivity index (χ3v) is 12.7. The van der Waals surface area contributed by atoms with E-state index in [0.29, 0.717) is 0 Å². The van der Waals surface area contributed by atoms with Crippen molar-refractivity contribution in [3.8, 4) is 22.3 Å². The predicted octanol–water partition coefficient (Wildman–Crippen LogP) is 14.4. The molecule has 7 heteroatoms. The van der Waals surface area contributed by atoms with Crippen LogP contribution in [0.4, 0.5) is 0 Å². The maximum atomic E-state index is 9.90. The first-order valence-corrected chi connectivity index (χ1v) is 24.0. The number of aliphatic hydroxyl groups is 2. The largest absolute Gasteiger partial charge is 2.00 e. The molecule has 0 amide bonds. The van der Waals surface area contributed by atoms with E-state index in [9.17, 15) is 10.2 Å². The number of unbranched alkanes of at least 4 members (excludes halogenated alkanes) is 16. The van der Waals surface area contributed by atoms with Gasteiger partial charge in [0.05, 0.1) is 36.0 Å². The van der Waals surface area contributed by atoms with Crippen LogP contribution in [0.3, 0.4) is 0 Å². The number of aliphatic hydroxyl groups excluding tert-OH is 2. The molecule has 8 bridgehead atoms. The van der Waals surface area contributed by atoms with Crippen LogP contribution in [-0.4, -0.2) is 20.2 Å². The van der Waals surface area contributed by atoms with Crippen molar-refractivity contribution in [2.24, 2.45) is 0 Å². The SMILES string of the molecule is CCCCCCCCCCCc1c2nc(c(-c3ccc(CO)cc3)c3ccc([n-]3)c(CCCCCCCCCCC)c3ccc([n-]3)c(-c3ccc(CO)cc3)c3nc1C=C3)C=C2.[Zn+2]. The Hall–Kier alpha value is -4.42. The fourth-order valence-corrected chi connectivity index (χ4v) is 9.09. The second-order valence-corrected chi connectivity index (χ2v) is 17.4. The zero-order valence-electron chi connectivity index (χ0n) is 38.2. The van der Waals surface area contributed by atoms with E-state index in [2.05, 4.69) is 86.7 Å². The topological polar surface area (TPSA) is 94.4 Å². The Morgan fingerprint density at radius 1 is 0.381 bits per heavy atom. The molecule has 3 aromatic heterocycles. The molecule has 0 atom stereocenters. The van der Waals surface area contributed by atoms with E-state index < -0.39 is 0 Å². The fraction of sp³-hybridized carbons (Fsp3) is 0.429. The number of benzene rings is 2. The summed E-state index contributed by atoms with van der Waals surface area (Å²) < 4.78 is 0. The van der Waals surface area contributed by atoms with Crippen molar-refractivity contribution in [3.05, 3.63) is 118 Å². The molecule has 2 aliphatic heterocycles. The van der Waals surface area contributed by atoms with Gasteiger partial charge in [-0.2, -0.15) is 0 Å². The van der Waals surface area contributed by atoms with Gasteiger partial charge in [0.15, 0.2) is 0 Å². The molecule has 5 aromatic rings. The molecule has 7 rings (SSSR count). The minimum Gasteiger partial charge on any atom is -0.657 e. The zero-order valence-corrected chi connectivity index (χ0v) is 41.2. The second-order valence-electron chi connectivity index (χ2n) is 17.4. The molecule has 0 fully saturated rings. The van der Waals surface area contributed by atoms with E-state index in [4.69, 9.17) is 19.9 Å². The zero-order chi connectivity index (χ0) is 42.9. The quantitative estimate of drug-likeness (QED) is 0.0464. The molecule has 5 heterocycles. The Kier molecular flexibility index (Phi) is 19.2. The van der Waals surface area contributed by atoms with Gasteiger partial charge in [0.25, 0.3) is 0 Å². The van der Waals surface area contributed by atoms with Crippen molar-refractivity contribution in [2.45, 2.75) is 155 Å². The van der Waals surface area contributed by atoms with Gasteiger partial charge in [-0.15, -0.1) is 22.1 Å². The molecule has 63 heavy (non-hydrogen) atoms. The molecule has 2 aromatic carbocycles. The summed E-state index contributed by atoms with van der Waals surface area (Å²) in [7, 11) is 0. The van der Waals surface area contributed by atoms with Crippen molar-refractivity contribution in [1.82, 2.24) is 19.9 Å². The van der Waals surface area contributed by atoms with Crippen molar-refractivity contribution in [3.63, 3.8) is 0 Å². The van der Waals surface area contributed by atoms with Crippen LogP contribution in [0.1, 0.15) is 174 Å². The van der Waals surface area contributed by atoms with Crippen molar-refractivity contribution in [2.75, 3.05) is 0 Å². The first-order valence-electron chi connectivity index (χ1n) is 24.0. The molecule has 0 saturated carbocycles. The Balaban J connectivity index is 0.00000661. The molecule has 0 radical (unpaired) electrons. The Labute approximate surface area is 389 Å². The van der Waals surface area contributed by atoms with Gasteiger partial charge in [0, 0.05) is 5.56 Å². The molecular formula is C56H68N4O2Zn. The maximum Gasteiger partial charge on any atom is 2.00 e. The van der Waals surface area contributed by atoms with Crippen molar-refractivity contribution >= 4 is 46.4 Å². The van der Waals surface area contributed by atoms with Gasteiger partial charge in [-0.1, -0.05) is 195 Å².